The molecule has 7 nitrogen and oxygen atoms in total. The maximum Gasteiger partial charge on any atom is 0.259 e. The molecule has 154 valence electrons. The van der Waals surface area contributed by atoms with E-state index in [0.29, 0.717) is 16.6 Å². The van der Waals surface area contributed by atoms with Crippen LogP contribution in [0.15, 0.2) is 58.3 Å². The molecule has 2 heterocycles. The lowest BCUT2D eigenvalue weighted by atomic mass is 9.80. The number of hydrogen-bond acceptors (Lipinski definition) is 5. The van der Waals surface area contributed by atoms with E-state index < -0.39 is 17.0 Å². The van der Waals surface area contributed by atoms with Crippen molar-refractivity contribution in [3.05, 3.63) is 70.3 Å². The van der Waals surface area contributed by atoms with Crippen LogP contribution in [-0.2, 0) is 15.2 Å². The number of carbonyl (C=O) groups excluding carboxylic acids is 1. The summed E-state index contributed by atoms with van der Waals surface area (Å²) in [5.41, 5.74) is 2.08. The summed E-state index contributed by atoms with van der Waals surface area (Å²) in [6, 6.07) is 13.5. The zero-order valence-corrected chi connectivity index (χ0v) is 16.7. The molecule has 0 fully saturated rings. The van der Waals surface area contributed by atoms with Crippen molar-refractivity contribution in [1.82, 2.24) is 15.8 Å². The van der Waals surface area contributed by atoms with Crippen LogP contribution in [0.1, 0.15) is 19.4 Å². The van der Waals surface area contributed by atoms with Gasteiger partial charge in [0.25, 0.3) is 11.5 Å². The first kappa shape index (κ1) is 19.8. The van der Waals surface area contributed by atoms with E-state index in [-0.39, 0.29) is 23.3 Å². The largest absolute Gasteiger partial charge is 0.322 e. The van der Waals surface area contributed by atoms with E-state index in [1.807, 2.05) is 26.0 Å². The predicted molar refractivity (Wildman–Crippen MR) is 112 cm³/mol. The molecule has 0 bridgehead atoms. The molecule has 1 aliphatic heterocycles. The highest BCUT2D eigenvalue weighted by Gasteiger charge is 2.49. The average molecular weight is 408 g/mol. The highest BCUT2D eigenvalue weighted by Crippen LogP contribution is 2.35. The van der Waals surface area contributed by atoms with Gasteiger partial charge in [0.15, 0.2) is 5.54 Å². The van der Waals surface area contributed by atoms with Crippen LogP contribution in [0.2, 0.25) is 0 Å². The van der Waals surface area contributed by atoms with Crippen LogP contribution in [0.25, 0.3) is 22.0 Å². The Kier molecular flexibility index (Phi) is 4.87. The quantitative estimate of drug-likeness (QED) is 0.579. The summed E-state index contributed by atoms with van der Waals surface area (Å²) >= 11 is 0. The summed E-state index contributed by atoms with van der Waals surface area (Å²) in [5.74, 6) is -0.898. The Bertz CT molecular complexity index is 1230. The maximum atomic E-state index is 14.2. The number of carbonyl (C=O) groups is 1. The van der Waals surface area contributed by atoms with Crippen molar-refractivity contribution in [3.63, 3.8) is 0 Å². The second kappa shape index (κ2) is 7.38. The Morgan fingerprint density at radius 3 is 2.63 bits per heavy atom. The van der Waals surface area contributed by atoms with Gasteiger partial charge in [-0.15, -0.1) is 0 Å². The van der Waals surface area contributed by atoms with E-state index in [9.17, 15) is 14.0 Å². The minimum atomic E-state index is -1.39. The number of guanidine groups is 1. The van der Waals surface area contributed by atoms with Crippen LogP contribution in [0, 0.1) is 11.7 Å². The van der Waals surface area contributed by atoms with Crippen LogP contribution in [0.3, 0.4) is 0 Å². The number of nitrogens with one attached hydrogen (secondary N) is 3. The molecule has 1 atom stereocenters. The van der Waals surface area contributed by atoms with Gasteiger partial charge in [0.2, 0.25) is 5.96 Å². The van der Waals surface area contributed by atoms with Crippen molar-refractivity contribution < 1.29 is 14.0 Å². The third-order valence-electron chi connectivity index (χ3n) is 5.36. The van der Waals surface area contributed by atoms with E-state index in [1.165, 1.54) is 13.2 Å². The minimum absolute atomic E-state index is 0.143. The van der Waals surface area contributed by atoms with Crippen molar-refractivity contribution in [1.29, 1.82) is 0 Å². The first-order valence-electron chi connectivity index (χ1n) is 9.49. The Labute approximate surface area is 171 Å². The Morgan fingerprint density at radius 2 is 1.93 bits per heavy atom. The van der Waals surface area contributed by atoms with Crippen molar-refractivity contribution >= 4 is 22.6 Å². The number of benzene rings is 2. The van der Waals surface area contributed by atoms with Gasteiger partial charge in [0, 0.05) is 11.1 Å². The number of halogens is 1. The van der Waals surface area contributed by atoms with Crippen LogP contribution < -0.4 is 16.4 Å². The fourth-order valence-corrected chi connectivity index (χ4v) is 3.83. The van der Waals surface area contributed by atoms with E-state index in [2.05, 4.69) is 20.8 Å². The summed E-state index contributed by atoms with van der Waals surface area (Å²) < 4.78 is 14.2. The minimum Gasteiger partial charge on any atom is -0.322 e. The first-order chi connectivity index (χ1) is 14.4. The third kappa shape index (κ3) is 3.05. The number of aromatic nitrogens is 1. The normalized spacial score (nSPS) is 18.6. The lowest BCUT2D eigenvalue weighted by Gasteiger charge is -2.27. The number of aliphatic imine (C=N–C) groups is 1. The Hall–Kier alpha value is -3.52. The number of rotatable bonds is 4. The molecule has 0 saturated heterocycles. The van der Waals surface area contributed by atoms with Crippen molar-refractivity contribution in [3.8, 4) is 11.3 Å². The fraction of sp³-hybridized carbons (Fsp3) is 0.227. The topological polar surface area (TPSA) is 95.6 Å². The van der Waals surface area contributed by atoms with Gasteiger partial charge in [0.1, 0.15) is 5.82 Å². The molecule has 8 heteroatoms. The number of amides is 1. The van der Waals surface area contributed by atoms with E-state index in [4.69, 9.17) is 4.84 Å². The van der Waals surface area contributed by atoms with Crippen molar-refractivity contribution in [2.24, 2.45) is 10.9 Å². The highest BCUT2D eigenvalue weighted by atomic mass is 19.1. The summed E-state index contributed by atoms with van der Waals surface area (Å²) in [5, 5.41) is 3.84. The van der Waals surface area contributed by atoms with E-state index in [0.717, 1.165) is 5.39 Å². The van der Waals surface area contributed by atoms with Gasteiger partial charge in [-0.25, -0.2) is 14.9 Å². The Balaban J connectivity index is 1.81. The number of hydrogen-bond donors (Lipinski definition) is 3. The van der Waals surface area contributed by atoms with Gasteiger partial charge in [-0.05, 0) is 41.1 Å². The average Bonchev–Trinajstić information content (AvgIpc) is 3.05. The second-order valence-electron chi connectivity index (χ2n) is 7.43. The molecule has 1 amide bonds. The van der Waals surface area contributed by atoms with Crippen LogP contribution in [0.4, 0.5) is 4.39 Å². The van der Waals surface area contributed by atoms with Gasteiger partial charge in [-0.1, -0.05) is 38.1 Å². The lowest BCUT2D eigenvalue weighted by Crippen LogP contribution is -2.45. The fourth-order valence-electron chi connectivity index (χ4n) is 3.83. The maximum absolute atomic E-state index is 14.2. The number of pyridine rings is 1. The van der Waals surface area contributed by atoms with Gasteiger partial charge < -0.3 is 4.98 Å². The molecule has 1 unspecified atom stereocenters. The zero-order chi connectivity index (χ0) is 21.5. The number of hydroxylamine groups is 1. The Morgan fingerprint density at radius 1 is 1.13 bits per heavy atom. The van der Waals surface area contributed by atoms with Crippen molar-refractivity contribution in [2.45, 2.75) is 19.4 Å². The third-order valence-corrected chi connectivity index (χ3v) is 5.36. The summed E-state index contributed by atoms with van der Waals surface area (Å²) in [6.45, 7) is 3.64. The molecular formula is C22H21FN4O3. The molecule has 30 heavy (non-hydrogen) atoms. The van der Waals surface area contributed by atoms with E-state index in [1.54, 1.807) is 30.3 Å². The van der Waals surface area contributed by atoms with Gasteiger partial charge in [-0.2, -0.15) is 0 Å². The standard InChI is InChI=1S/C22H21FN4O3/c1-12(2)22(20(29)25-21(26-22)27-30-3)16-9-10-18(24-19(16)28)14-8-7-13-5-4-6-17(23)15(13)11-14/h4-12H,1-3H3,(H,24,28)(H2,25,26,27,29). The van der Waals surface area contributed by atoms with Gasteiger partial charge >= 0.3 is 0 Å². The van der Waals surface area contributed by atoms with Crippen LogP contribution >= 0.6 is 0 Å². The molecule has 0 aliphatic carbocycles. The summed E-state index contributed by atoms with van der Waals surface area (Å²) in [7, 11) is 1.40. The monoisotopic (exact) mass is 408 g/mol. The number of aromatic amines is 1. The summed E-state index contributed by atoms with van der Waals surface area (Å²) in [6.07, 6.45) is 0. The van der Waals surface area contributed by atoms with Crippen molar-refractivity contribution in [2.75, 3.05) is 7.11 Å². The molecule has 0 spiro atoms. The molecule has 3 aromatic rings. The lowest BCUT2D eigenvalue weighted by molar-refractivity contribution is -0.125. The predicted octanol–water partition coefficient (Wildman–Crippen LogP) is 2.82. The number of fused-ring (bicyclic) bond motifs is 1. The molecule has 1 aromatic heterocycles. The van der Waals surface area contributed by atoms with Gasteiger partial charge in [0.05, 0.1) is 12.7 Å². The summed E-state index contributed by atoms with van der Waals surface area (Å²) in [4.78, 5) is 37.9. The van der Waals surface area contributed by atoms with Gasteiger partial charge in [-0.3, -0.25) is 19.7 Å². The molecule has 2 aromatic carbocycles. The smallest absolute Gasteiger partial charge is 0.259 e. The molecule has 0 saturated carbocycles. The number of H-pyrrole nitrogens is 1. The number of nitrogens with zero attached hydrogens (tertiary/aromatic N) is 1. The molecule has 4 rings (SSSR count). The van der Waals surface area contributed by atoms with Crippen LogP contribution in [0.5, 0.6) is 0 Å². The van der Waals surface area contributed by atoms with E-state index >= 15 is 0 Å². The molecule has 3 N–H and O–H groups in total. The molecule has 1 aliphatic rings. The zero-order valence-electron chi connectivity index (χ0n) is 16.7. The molecule has 0 radical (unpaired) electrons. The first-order valence-corrected chi connectivity index (χ1v) is 9.49. The highest BCUT2D eigenvalue weighted by molar-refractivity contribution is 6.07. The second-order valence-corrected chi connectivity index (χ2v) is 7.43. The van der Waals surface area contributed by atoms with Crippen LogP contribution in [-0.4, -0.2) is 24.0 Å². The molecular weight excluding hydrogens is 387 g/mol. The SMILES string of the molecule is CONC1=NC(c2ccc(-c3ccc4cccc(F)c4c3)[nH]c2=O)(C(C)C)C(=O)N1.